The molecule has 0 saturated carbocycles. The van der Waals surface area contributed by atoms with Gasteiger partial charge in [0.05, 0.1) is 16.9 Å². The van der Waals surface area contributed by atoms with E-state index in [-0.39, 0.29) is 0 Å². The highest BCUT2D eigenvalue weighted by Crippen LogP contribution is 2.30. The number of nitrogens with zero attached hydrogens (tertiary/aromatic N) is 2. The maximum Gasteiger partial charge on any atom is 0.125 e. The number of fused-ring (bicyclic) bond motifs is 1. The third kappa shape index (κ3) is 2.54. The average Bonchev–Trinajstić information content (AvgIpc) is 2.77. The van der Waals surface area contributed by atoms with Gasteiger partial charge in [0.25, 0.3) is 0 Å². The van der Waals surface area contributed by atoms with E-state index in [1.54, 1.807) is 0 Å². The van der Waals surface area contributed by atoms with Gasteiger partial charge in [-0.15, -0.1) is 11.6 Å². The summed E-state index contributed by atoms with van der Waals surface area (Å²) in [4.78, 5) is 4.56. The van der Waals surface area contributed by atoms with Gasteiger partial charge in [0.2, 0.25) is 0 Å². The summed E-state index contributed by atoms with van der Waals surface area (Å²) in [5.74, 6) is 2.78. The Balaban J connectivity index is 2.08. The second-order valence-corrected chi connectivity index (χ2v) is 7.14. The topological polar surface area (TPSA) is 34.9 Å². The summed E-state index contributed by atoms with van der Waals surface area (Å²) in [6.45, 7) is 0. The molecule has 1 saturated heterocycles. The van der Waals surface area contributed by atoms with Gasteiger partial charge in [-0.25, -0.2) is 4.98 Å². The summed E-state index contributed by atoms with van der Waals surface area (Å²) < 4.78 is 13.7. The highest BCUT2D eigenvalue weighted by atomic mass is 35.5. The monoisotopic (exact) mass is 316 g/mol. The van der Waals surface area contributed by atoms with Crippen LogP contribution in [-0.4, -0.2) is 25.3 Å². The molecule has 0 unspecified atom stereocenters. The smallest absolute Gasteiger partial charge is 0.125 e. The van der Waals surface area contributed by atoms with Crippen molar-refractivity contribution < 1.29 is 4.21 Å². The van der Waals surface area contributed by atoms with Crippen molar-refractivity contribution in [2.75, 3.05) is 11.5 Å². The number of hydrogen-bond acceptors (Lipinski definition) is 2. The SMILES string of the molecule is O=S1CCC(n2c(CCl)nc3cc(Cl)ccc32)CC1. The lowest BCUT2D eigenvalue weighted by Crippen LogP contribution is -2.22. The van der Waals surface area contributed by atoms with Gasteiger partial charge in [-0.3, -0.25) is 4.21 Å². The minimum atomic E-state index is -0.656. The molecule has 0 atom stereocenters. The zero-order valence-corrected chi connectivity index (χ0v) is 12.6. The van der Waals surface area contributed by atoms with E-state index in [1.165, 1.54) is 0 Å². The van der Waals surface area contributed by atoms with E-state index in [0.29, 0.717) is 16.9 Å². The molecule has 1 fully saturated rings. The molecular formula is C13H14Cl2N2OS. The largest absolute Gasteiger partial charge is 0.324 e. The molecule has 0 aliphatic carbocycles. The Morgan fingerprint density at radius 2 is 2.11 bits per heavy atom. The van der Waals surface area contributed by atoms with Crippen molar-refractivity contribution in [3.05, 3.63) is 29.0 Å². The van der Waals surface area contributed by atoms with Crippen molar-refractivity contribution in [2.45, 2.75) is 24.8 Å². The van der Waals surface area contributed by atoms with Crippen molar-refractivity contribution in [3.63, 3.8) is 0 Å². The van der Waals surface area contributed by atoms with Crippen LogP contribution in [-0.2, 0) is 16.7 Å². The van der Waals surface area contributed by atoms with Crippen molar-refractivity contribution in [2.24, 2.45) is 0 Å². The quantitative estimate of drug-likeness (QED) is 0.795. The Morgan fingerprint density at radius 3 is 2.79 bits per heavy atom. The molecule has 0 N–H and O–H groups in total. The molecule has 0 spiro atoms. The summed E-state index contributed by atoms with van der Waals surface area (Å²) >= 11 is 12.0. The van der Waals surface area contributed by atoms with Gasteiger partial charge in [0.1, 0.15) is 5.82 Å². The Labute approximate surface area is 124 Å². The number of alkyl halides is 1. The highest BCUT2D eigenvalue weighted by Gasteiger charge is 2.23. The second-order valence-electron chi connectivity index (χ2n) is 4.74. The van der Waals surface area contributed by atoms with E-state index >= 15 is 0 Å². The van der Waals surface area contributed by atoms with Crippen LogP contribution in [0.2, 0.25) is 5.02 Å². The lowest BCUT2D eigenvalue weighted by molar-refractivity contribution is 0.462. The summed E-state index contributed by atoms with van der Waals surface area (Å²) in [5, 5.41) is 0.683. The first-order valence-corrected chi connectivity index (χ1v) is 8.66. The van der Waals surface area contributed by atoms with Crippen molar-refractivity contribution >= 4 is 45.0 Å². The minimum Gasteiger partial charge on any atom is -0.324 e. The van der Waals surface area contributed by atoms with Gasteiger partial charge in [-0.05, 0) is 31.0 Å². The molecule has 102 valence electrons. The van der Waals surface area contributed by atoms with Crippen LogP contribution in [0.1, 0.15) is 24.7 Å². The number of hydrogen-bond donors (Lipinski definition) is 0. The van der Waals surface area contributed by atoms with Gasteiger partial charge < -0.3 is 4.57 Å². The minimum absolute atomic E-state index is 0.345. The predicted octanol–water partition coefficient (Wildman–Crippen LogP) is 3.51. The van der Waals surface area contributed by atoms with Crippen LogP contribution < -0.4 is 0 Å². The van der Waals surface area contributed by atoms with Crippen molar-refractivity contribution in [1.29, 1.82) is 0 Å². The summed E-state index contributed by atoms with van der Waals surface area (Å²) in [6.07, 6.45) is 1.84. The lowest BCUT2D eigenvalue weighted by Gasteiger charge is -2.25. The van der Waals surface area contributed by atoms with Crippen LogP contribution in [0, 0.1) is 0 Å². The maximum atomic E-state index is 11.5. The summed E-state index contributed by atoms with van der Waals surface area (Å²) in [7, 11) is -0.656. The second kappa shape index (κ2) is 5.43. The van der Waals surface area contributed by atoms with Crippen LogP contribution in [0.4, 0.5) is 0 Å². The molecule has 3 nitrogen and oxygen atoms in total. The van der Waals surface area contributed by atoms with E-state index in [2.05, 4.69) is 9.55 Å². The summed E-state index contributed by atoms with van der Waals surface area (Å²) in [6, 6.07) is 6.08. The van der Waals surface area contributed by atoms with Crippen LogP contribution >= 0.6 is 23.2 Å². The van der Waals surface area contributed by atoms with Gasteiger partial charge in [-0.1, -0.05) is 11.6 Å². The fraction of sp³-hybridized carbons (Fsp3) is 0.462. The molecule has 2 heterocycles. The molecule has 1 aliphatic heterocycles. The van der Waals surface area contributed by atoms with Gasteiger partial charge in [-0.2, -0.15) is 0 Å². The molecular weight excluding hydrogens is 303 g/mol. The van der Waals surface area contributed by atoms with Crippen LogP contribution in [0.3, 0.4) is 0 Å². The standard InChI is InChI=1S/C13H14Cl2N2OS/c14-8-13-16-11-7-9(15)1-2-12(11)17(13)10-3-5-19(18)6-4-10/h1-2,7,10H,3-6,8H2. The Bertz CT molecular complexity index is 631. The number of imidazole rings is 1. The number of aromatic nitrogens is 2. The highest BCUT2D eigenvalue weighted by molar-refractivity contribution is 7.85. The van der Waals surface area contributed by atoms with Crippen LogP contribution in [0.15, 0.2) is 18.2 Å². The molecule has 3 rings (SSSR count). The van der Waals surface area contributed by atoms with Gasteiger partial charge >= 0.3 is 0 Å². The fourth-order valence-corrected chi connectivity index (χ4v) is 4.29. The predicted molar refractivity (Wildman–Crippen MR) is 80.4 cm³/mol. The lowest BCUT2D eigenvalue weighted by atomic mass is 10.1. The zero-order valence-electron chi connectivity index (χ0n) is 10.3. The van der Waals surface area contributed by atoms with E-state index < -0.39 is 10.8 Å². The number of halogens is 2. The molecule has 1 aliphatic rings. The first-order chi connectivity index (χ1) is 9.19. The average molecular weight is 317 g/mol. The fourth-order valence-electron chi connectivity index (χ4n) is 2.66. The first-order valence-electron chi connectivity index (χ1n) is 6.26. The van der Waals surface area contributed by atoms with Gasteiger partial charge in [0.15, 0.2) is 0 Å². The molecule has 0 radical (unpaired) electrons. The first kappa shape index (κ1) is 13.4. The van der Waals surface area contributed by atoms with Gasteiger partial charge in [0, 0.05) is 33.4 Å². The van der Waals surface area contributed by atoms with E-state index in [4.69, 9.17) is 23.2 Å². The Hall–Kier alpha value is -0.580. The van der Waals surface area contributed by atoms with Crippen LogP contribution in [0.25, 0.3) is 11.0 Å². The zero-order chi connectivity index (χ0) is 13.4. The molecule has 1 aromatic heterocycles. The molecule has 6 heteroatoms. The molecule has 0 amide bonds. The van der Waals surface area contributed by atoms with E-state index in [9.17, 15) is 4.21 Å². The Morgan fingerprint density at radius 1 is 1.37 bits per heavy atom. The normalized spacial score (nSPS) is 23.9. The van der Waals surface area contributed by atoms with Crippen LogP contribution in [0.5, 0.6) is 0 Å². The number of benzene rings is 1. The summed E-state index contributed by atoms with van der Waals surface area (Å²) in [5.41, 5.74) is 1.95. The Kier molecular flexibility index (Phi) is 3.83. The maximum absolute atomic E-state index is 11.5. The van der Waals surface area contributed by atoms with E-state index in [1.807, 2.05) is 18.2 Å². The van der Waals surface area contributed by atoms with Crippen molar-refractivity contribution in [1.82, 2.24) is 9.55 Å². The molecule has 1 aromatic carbocycles. The third-order valence-electron chi connectivity index (χ3n) is 3.57. The third-order valence-corrected chi connectivity index (χ3v) is 5.42. The molecule has 0 bridgehead atoms. The molecule has 2 aromatic rings. The van der Waals surface area contributed by atoms with E-state index in [0.717, 1.165) is 41.2 Å². The van der Waals surface area contributed by atoms with Crippen molar-refractivity contribution in [3.8, 4) is 0 Å². The molecule has 19 heavy (non-hydrogen) atoms. The number of rotatable bonds is 2.